The van der Waals surface area contributed by atoms with Gasteiger partial charge in [0.25, 0.3) is 5.91 Å². The molecular formula is C19H20N2O4. The molecule has 2 rings (SSSR count). The highest BCUT2D eigenvalue weighted by molar-refractivity contribution is 6.02. The number of hydrazone groups is 1. The van der Waals surface area contributed by atoms with Crippen molar-refractivity contribution in [3.05, 3.63) is 65.2 Å². The maximum Gasteiger partial charge on any atom is 0.341 e. The number of aliphatic carboxylic acids is 1. The van der Waals surface area contributed by atoms with Crippen LogP contribution >= 0.6 is 0 Å². The summed E-state index contributed by atoms with van der Waals surface area (Å²) in [7, 11) is 0. The summed E-state index contributed by atoms with van der Waals surface area (Å²) in [5.74, 6) is -0.824. The van der Waals surface area contributed by atoms with E-state index in [1.54, 1.807) is 30.3 Å². The Hall–Kier alpha value is -3.15. The van der Waals surface area contributed by atoms with E-state index in [0.29, 0.717) is 23.4 Å². The Morgan fingerprint density at radius 2 is 1.80 bits per heavy atom. The van der Waals surface area contributed by atoms with Crippen molar-refractivity contribution in [3.8, 4) is 5.75 Å². The number of benzene rings is 2. The Bertz CT molecular complexity index is 782. The molecule has 0 aliphatic heterocycles. The molecule has 0 saturated carbocycles. The van der Waals surface area contributed by atoms with Crippen molar-refractivity contribution in [2.24, 2.45) is 5.10 Å². The van der Waals surface area contributed by atoms with E-state index in [9.17, 15) is 9.59 Å². The molecule has 1 amide bonds. The number of hydrogen-bond donors (Lipinski definition) is 2. The van der Waals surface area contributed by atoms with E-state index in [1.807, 2.05) is 32.0 Å². The van der Waals surface area contributed by atoms with Crippen LogP contribution in [0.5, 0.6) is 5.75 Å². The molecule has 0 atom stereocenters. The highest BCUT2D eigenvalue weighted by atomic mass is 16.5. The zero-order valence-corrected chi connectivity index (χ0v) is 14.2. The van der Waals surface area contributed by atoms with E-state index >= 15 is 0 Å². The lowest BCUT2D eigenvalue weighted by molar-refractivity contribution is -0.139. The average molecular weight is 340 g/mol. The van der Waals surface area contributed by atoms with Crippen LogP contribution in [-0.2, 0) is 4.79 Å². The first-order chi connectivity index (χ1) is 12.0. The number of aryl methyl sites for hydroxylation is 1. The van der Waals surface area contributed by atoms with Crippen LogP contribution in [-0.4, -0.2) is 29.3 Å². The lowest BCUT2D eigenvalue weighted by Crippen LogP contribution is -2.20. The van der Waals surface area contributed by atoms with Gasteiger partial charge in [-0.05, 0) is 54.8 Å². The molecule has 2 N–H and O–H groups in total. The van der Waals surface area contributed by atoms with Gasteiger partial charge in [-0.25, -0.2) is 10.2 Å². The van der Waals surface area contributed by atoms with Crippen LogP contribution in [0.4, 0.5) is 0 Å². The van der Waals surface area contributed by atoms with Gasteiger partial charge in [0, 0.05) is 5.56 Å². The summed E-state index contributed by atoms with van der Waals surface area (Å²) in [6.45, 7) is 3.42. The fraction of sp³-hybridized carbons (Fsp3) is 0.211. The summed E-state index contributed by atoms with van der Waals surface area (Å²) in [4.78, 5) is 22.7. The maximum absolute atomic E-state index is 12.2. The molecule has 130 valence electrons. The van der Waals surface area contributed by atoms with Gasteiger partial charge in [-0.2, -0.15) is 5.10 Å². The fourth-order valence-electron chi connectivity index (χ4n) is 2.24. The largest absolute Gasteiger partial charge is 0.482 e. The molecule has 0 bridgehead atoms. The quantitative estimate of drug-likeness (QED) is 0.599. The van der Waals surface area contributed by atoms with Crippen molar-refractivity contribution in [3.63, 3.8) is 0 Å². The van der Waals surface area contributed by atoms with Gasteiger partial charge in [-0.1, -0.05) is 25.1 Å². The summed E-state index contributed by atoms with van der Waals surface area (Å²) in [5.41, 5.74) is 5.59. The molecule has 6 nitrogen and oxygen atoms in total. The highest BCUT2D eigenvalue weighted by Gasteiger charge is 2.08. The van der Waals surface area contributed by atoms with Crippen molar-refractivity contribution in [1.29, 1.82) is 0 Å². The summed E-state index contributed by atoms with van der Waals surface area (Å²) in [6.07, 6.45) is 0.628. The minimum absolute atomic E-state index is 0.259. The number of carbonyl (C=O) groups excluding carboxylic acids is 1. The van der Waals surface area contributed by atoms with E-state index in [0.717, 1.165) is 11.1 Å². The van der Waals surface area contributed by atoms with E-state index < -0.39 is 5.97 Å². The summed E-state index contributed by atoms with van der Waals surface area (Å²) >= 11 is 0. The third-order valence-electron chi connectivity index (χ3n) is 3.57. The van der Waals surface area contributed by atoms with E-state index in [4.69, 9.17) is 9.84 Å². The molecule has 2 aromatic rings. The van der Waals surface area contributed by atoms with Gasteiger partial charge in [0.15, 0.2) is 6.61 Å². The Morgan fingerprint density at radius 1 is 1.12 bits per heavy atom. The lowest BCUT2D eigenvalue weighted by Gasteiger charge is -2.08. The number of rotatable bonds is 7. The molecule has 0 radical (unpaired) electrons. The van der Waals surface area contributed by atoms with Gasteiger partial charge in [-0.15, -0.1) is 0 Å². The zero-order chi connectivity index (χ0) is 18.2. The molecule has 25 heavy (non-hydrogen) atoms. The average Bonchev–Trinajstić information content (AvgIpc) is 2.61. The number of hydrogen-bond acceptors (Lipinski definition) is 4. The zero-order valence-electron chi connectivity index (χ0n) is 14.2. The van der Waals surface area contributed by atoms with Crippen molar-refractivity contribution >= 4 is 17.6 Å². The minimum Gasteiger partial charge on any atom is -0.482 e. The highest BCUT2D eigenvalue weighted by Crippen LogP contribution is 2.14. The molecule has 6 heteroatoms. The predicted molar refractivity (Wildman–Crippen MR) is 95.0 cm³/mol. The van der Waals surface area contributed by atoms with Gasteiger partial charge >= 0.3 is 5.97 Å². The molecule has 0 aliphatic carbocycles. The first-order valence-electron chi connectivity index (χ1n) is 7.88. The third-order valence-corrected chi connectivity index (χ3v) is 3.57. The predicted octanol–water partition coefficient (Wildman–Crippen LogP) is 3.00. The van der Waals surface area contributed by atoms with Gasteiger partial charge in [0.05, 0.1) is 5.71 Å². The molecule has 0 saturated heterocycles. The molecule has 0 unspecified atom stereocenters. The molecule has 0 aromatic heterocycles. The second-order valence-electron chi connectivity index (χ2n) is 5.37. The summed E-state index contributed by atoms with van der Waals surface area (Å²) in [5, 5.41) is 12.8. The maximum atomic E-state index is 12.2. The van der Waals surface area contributed by atoms with Crippen LogP contribution in [0.2, 0.25) is 0 Å². The molecule has 0 aliphatic rings. The van der Waals surface area contributed by atoms with Crippen LogP contribution in [0.3, 0.4) is 0 Å². The van der Waals surface area contributed by atoms with Gasteiger partial charge in [0.1, 0.15) is 5.75 Å². The Kier molecular flexibility index (Phi) is 6.28. The Morgan fingerprint density at radius 3 is 2.40 bits per heavy atom. The molecule has 0 spiro atoms. The molecular weight excluding hydrogens is 320 g/mol. The topological polar surface area (TPSA) is 88.0 Å². The van der Waals surface area contributed by atoms with Crippen LogP contribution < -0.4 is 10.2 Å². The third kappa shape index (κ3) is 5.17. The second kappa shape index (κ2) is 8.63. The first-order valence-corrected chi connectivity index (χ1v) is 7.88. The number of nitrogens with one attached hydrogen (secondary N) is 1. The Labute approximate surface area is 146 Å². The van der Waals surface area contributed by atoms with Crippen molar-refractivity contribution < 1.29 is 19.4 Å². The Balaban J connectivity index is 2.08. The fourth-order valence-corrected chi connectivity index (χ4v) is 2.24. The van der Waals surface area contributed by atoms with E-state index in [-0.39, 0.29) is 12.5 Å². The number of carboxylic acid groups (broad SMARTS) is 1. The standard InChI is InChI=1S/C19H20N2O4/c1-3-17(14-8-10-15(11-9-14)25-12-18(22)23)20-21-19(24)16-7-5-4-6-13(16)2/h4-11H,3,12H2,1-2H3,(H,21,24)(H,22,23)/b20-17-. The van der Waals surface area contributed by atoms with Gasteiger partial charge in [0.2, 0.25) is 0 Å². The smallest absolute Gasteiger partial charge is 0.341 e. The van der Waals surface area contributed by atoms with Gasteiger partial charge < -0.3 is 9.84 Å². The monoisotopic (exact) mass is 340 g/mol. The number of ether oxygens (including phenoxy) is 1. The summed E-state index contributed by atoms with van der Waals surface area (Å²) in [6, 6.07) is 14.2. The molecule has 2 aromatic carbocycles. The number of nitrogens with zero attached hydrogens (tertiary/aromatic N) is 1. The van der Waals surface area contributed by atoms with Crippen LogP contribution in [0.25, 0.3) is 0 Å². The number of carboxylic acids is 1. The van der Waals surface area contributed by atoms with Crippen LogP contribution in [0.1, 0.15) is 34.8 Å². The number of carbonyl (C=O) groups is 2. The molecule has 0 heterocycles. The van der Waals surface area contributed by atoms with E-state index in [1.165, 1.54) is 0 Å². The van der Waals surface area contributed by atoms with Crippen LogP contribution in [0.15, 0.2) is 53.6 Å². The van der Waals surface area contributed by atoms with Crippen molar-refractivity contribution in [2.75, 3.05) is 6.61 Å². The van der Waals surface area contributed by atoms with Crippen molar-refractivity contribution in [1.82, 2.24) is 5.43 Å². The van der Waals surface area contributed by atoms with Gasteiger partial charge in [-0.3, -0.25) is 4.79 Å². The molecule has 0 fully saturated rings. The SMILES string of the molecule is CC/C(=N/NC(=O)c1ccccc1C)c1ccc(OCC(=O)O)cc1. The van der Waals surface area contributed by atoms with Crippen LogP contribution in [0, 0.1) is 6.92 Å². The summed E-state index contributed by atoms with van der Waals surface area (Å²) < 4.78 is 5.10. The van der Waals surface area contributed by atoms with Crippen molar-refractivity contribution in [2.45, 2.75) is 20.3 Å². The second-order valence-corrected chi connectivity index (χ2v) is 5.37. The minimum atomic E-state index is -1.03. The normalized spacial score (nSPS) is 11.0. The lowest BCUT2D eigenvalue weighted by atomic mass is 10.1. The number of amides is 1. The van der Waals surface area contributed by atoms with E-state index in [2.05, 4.69) is 10.5 Å². The first kappa shape index (κ1) is 18.2.